The zero-order chi connectivity index (χ0) is 15.1. The molecule has 0 heterocycles. The Morgan fingerprint density at radius 2 is 1.71 bits per heavy atom. The highest BCUT2D eigenvalue weighted by molar-refractivity contribution is 5.27. The summed E-state index contributed by atoms with van der Waals surface area (Å²) in [7, 11) is 1.67. The van der Waals surface area contributed by atoms with E-state index in [1.54, 1.807) is 7.11 Å². The number of benzene rings is 2. The van der Waals surface area contributed by atoms with Crippen LogP contribution < -0.4 is 10.1 Å². The minimum absolute atomic E-state index is 0.191. The Bertz CT molecular complexity index is 536. The number of halogens is 1. The fraction of sp³-hybridized carbons (Fsp3) is 0.333. The minimum Gasteiger partial charge on any atom is -0.497 e. The first-order valence-corrected chi connectivity index (χ1v) is 7.34. The molecule has 112 valence electrons. The Morgan fingerprint density at radius 3 is 2.29 bits per heavy atom. The second-order valence-electron chi connectivity index (χ2n) is 5.05. The molecule has 1 atom stereocenters. The third-order valence-corrected chi connectivity index (χ3v) is 3.60. The Labute approximate surface area is 126 Å². The van der Waals surface area contributed by atoms with Crippen molar-refractivity contribution in [1.29, 1.82) is 0 Å². The van der Waals surface area contributed by atoms with Gasteiger partial charge in [-0.05, 0) is 54.8 Å². The van der Waals surface area contributed by atoms with Gasteiger partial charge in [-0.15, -0.1) is 0 Å². The third-order valence-electron chi connectivity index (χ3n) is 3.60. The van der Waals surface area contributed by atoms with Crippen molar-refractivity contribution < 1.29 is 9.13 Å². The van der Waals surface area contributed by atoms with E-state index in [1.165, 1.54) is 17.7 Å². The lowest BCUT2D eigenvalue weighted by molar-refractivity contribution is 0.414. The molecule has 0 aliphatic heterocycles. The molecule has 0 radical (unpaired) electrons. The quantitative estimate of drug-likeness (QED) is 0.827. The zero-order valence-electron chi connectivity index (χ0n) is 12.6. The van der Waals surface area contributed by atoms with Gasteiger partial charge in [0.25, 0.3) is 0 Å². The molecule has 0 aliphatic rings. The first-order chi connectivity index (χ1) is 10.2. The maximum absolute atomic E-state index is 13.0. The predicted molar refractivity (Wildman–Crippen MR) is 84.1 cm³/mol. The second kappa shape index (κ2) is 7.79. The predicted octanol–water partition coefficient (Wildman–Crippen LogP) is 4.12. The summed E-state index contributed by atoms with van der Waals surface area (Å²) in [6.45, 7) is 2.98. The number of hydrogen-bond acceptors (Lipinski definition) is 2. The zero-order valence-corrected chi connectivity index (χ0v) is 12.6. The van der Waals surface area contributed by atoms with Crippen LogP contribution in [0.25, 0.3) is 0 Å². The van der Waals surface area contributed by atoms with E-state index in [1.807, 2.05) is 24.3 Å². The molecule has 0 aliphatic carbocycles. The van der Waals surface area contributed by atoms with Gasteiger partial charge in [0.2, 0.25) is 0 Å². The van der Waals surface area contributed by atoms with Crippen molar-refractivity contribution in [2.24, 2.45) is 0 Å². The molecule has 21 heavy (non-hydrogen) atoms. The monoisotopic (exact) mass is 287 g/mol. The SMILES string of the molecule is CCNC(CCc1ccc(OC)cc1)c1ccc(F)cc1. The number of ether oxygens (including phenoxy) is 1. The van der Waals surface area contributed by atoms with Gasteiger partial charge in [0.15, 0.2) is 0 Å². The van der Waals surface area contributed by atoms with E-state index in [-0.39, 0.29) is 11.9 Å². The van der Waals surface area contributed by atoms with Gasteiger partial charge in [-0.3, -0.25) is 0 Å². The molecule has 0 fully saturated rings. The molecule has 3 heteroatoms. The molecule has 2 aromatic carbocycles. The van der Waals surface area contributed by atoms with Gasteiger partial charge in [-0.25, -0.2) is 4.39 Å². The van der Waals surface area contributed by atoms with Crippen molar-refractivity contribution >= 4 is 0 Å². The van der Waals surface area contributed by atoms with Crippen molar-refractivity contribution in [3.8, 4) is 5.75 Å². The van der Waals surface area contributed by atoms with Crippen LogP contribution in [0.1, 0.15) is 30.5 Å². The summed E-state index contributed by atoms with van der Waals surface area (Å²) < 4.78 is 18.2. The molecule has 0 saturated heterocycles. The average molecular weight is 287 g/mol. The Kier molecular flexibility index (Phi) is 5.76. The molecule has 1 N–H and O–H groups in total. The number of rotatable bonds is 7. The molecule has 2 rings (SSSR count). The summed E-state index contributed by atoms with van der Waals surface area (Å²) in [5, 5.41) is 3.46. The largest absolute Gasteiger partial charge is 0.497 e. The lowest BCUT2D eigenvalue weighted by Crippen LogP contribution is -2.21. The number of methoxy groups -OCH3 is 1. The van der Waals surface area contributed by atoms with Crippen LogP contribution >= 0.6 is 0 Å². The fourth-order valence-corrected chi connectivity index (χ4v) is 2.43. The Hall–Kier alpha value is -1.87. The molecular formula is C18H22FNO. The normalized spacial score (nSPS) is 12.1. The number of hydrogen-bond donors (Lipinski definition) is 1. The summed E-state index contributed by atoms with van der Waals surface area (Å²) in [6, 6.07) is 15.1. The first-order valence-electron chi connectivity index (χ1n) is 7.34. The Morgan fingerprint density at radius 1 is 1.05 bits per heavy atom. The van der Waals surface area contributed by atoms with Crippen molar-refractivity contribution in [1.82, 2.24) is 5.32 Å². The van der Waals surface area contributed by atoms with Crippen LogP contribution in [0.3, 0.4) is 0 Å². The molecule has 2 aromatic rings. The smallest absolute Gasteiger partial charge is 0.123 e. The van der Waals surface area contributed by atoms with Gasteiger partial charge in [0, 0.05) is 6.04 Å². The van der Waals surface area contributed by atoms with E-state index in [0.29, 0.717) is 0 Å². The summed E-state index contributed by atoms with van der Waals surface area (Å²) in [5.74, 6) is 0.685. The van der Waals surface area contributed by atoms with E-state index in [4.69, 9.17) is 4.74 Å². The topological polar surface area (TPSA) is 21.3 Å². The average Bonchev–Trinajstić information content (AvgIpc) is 2.53. The molecule has 0 spiro atoms. The van der Waals surface area contributed by atoms with E-state index in [9.17, 15) is 4.39 Å². The molecule has 0 saturated carbocycles. The van der Waals surface area contributed by atoms with E-state index < -0.39 is 0 Å². The van der Waals surface area contributed by atoms with Gasteiger partial charge in [-0.1, -0.05) is 31.2 Å². The van der Waals surface area contributed by atoms with E-state index in [2.05, 4.69) is 24.4 Å². The van der Waals surface area contributed by atoms with Gasteiger partial charge >= 0.3 is 0 Å². The highest BCUT2D eigenvalue weighted by atomic mass is 19.1. The van der Waals surface area contributed by atoms with Crippen LogP contribution in [0.4, 0.5) is 4.39 Å². The van der Waals surface area contributed by atoms with Gasteiger partial charge in [0.1, 0.15) is 11.6 Å². The third kappa shape index (κ3) is 4.57. The highest BCUT2D eigenvalue weighted by Gasteiger charge is 2.10. The maximum Gasteiger partial charge on any atom is 0.123 e. The lowest BCUT2D eigenvalue weighted by Gasteiger charge is -2.18. The maximum atomic E-state index is 13.0. The number of nitrogens with one attached hydrogen (secondary N) is 1. The summed E-state index contributed by atoms with van der Waals surface area (Å²) >= 11 is 0. The van der Waals surface area contributed by atoms with Crippen LogP contribution in [0.5, 0.6) is 5.75 Å². The van der Waals surface area contributed by atoms with Crippen LogP contribution in [-0.4, -0.2) is 13.7 Å². The molecule has 0 amide bonds. The van der Waals surface area contributed by atoms with Crippen molar-refractivity contribution in [3.05, 3.63) is 65.5 Å². The molecule has 2 nitrogen and oxygen atoms in total. The number of aryl methyl sites for hydroxylation is 1. The van der Waals surface area contributed by atoms with Gasteiger partial charge in [0.05, 0.1) is 7.11 Å². The van der Waals surface area contributed by atoms with Crippen molar-refractivity contribution in [3.63, 3.8) is 0 Å². The summed E-state index contributed by atoms with van der Waals surface area (Å²) in [5.41, 5.74) is 2.41. The molecular weight excluding hydrogens is 265 g/mol. The highest BCUT2D eigenvalue weighted by Crippen LogP contribution is 2.21. The fourth-order valence-electron chi connectivity index (χ4n) is 2.43. The van der Waals surface area contributed by atoms with Crippen LogP contribution in [0.15, 0.2) is 48.5 Å². The summed E-state index contributed by atoms with van der Waals surface area (Å²) in [6.07, 6.45) is 1.95. The minimum atomic E-state index is -0.191. The summed E-state index contributed by atoms with van der Waals surface area (Å²) in [4.78, 5) is 0. The van der Waals surface area contributed by atoms with Gasteiger partial charge < -0.3 is 10.1 Å². The first kappa shape index (κ1) is 15.5. The van der Waals surface area contributed by atoms with Crippen LogP contribution in [-0.2, 0) is 6.42 Å². The molecule has 0 aromatic heterocycles. The van der Waals surface area contributed by atoms with Crippen molar-refractivity contribution in [2.75, 3.05) is 13.7 Å². The molecule has 0 bridgehead atoms. The van der Waals surface area contributed by atoms with Crippen LogP contribution in [0.2, 0.25) is 0 Å². The van der Waals surface area contributed by atoms with Crippen LogP contribution in [0, 0.1) is 5.82 Å². The van der Waals surface area contributed by atoms with Gasteiger partial charge in [-0.2, -0.15) is 0 Å². The second-order valence-corrected chi connectivity index (χ2v) is 5.05. The Balaban J connectivity index is 2.00. The van der Waals surface area contributed by atoms with E-state index >= 15 is 0 Å². The lowest BCUT2D eigenvalue weighted by atomic mass is 9.99. The molecule has 1 unspecified atom stereocenters. The van der Waals surface area contributed by atoms with Crippen molar-refractivity contribution in [2.45, 2.75) is 25.8 Å². The standard InChI is InChI=1S/C18H22FNO/c1-3-20-18(15-7-9-16(19)10-8-15)13-6-14-4-11-17(21-2)12-5-14/h4-5,7-12,18,20H,3,6,13H2,1-2H3. The van der Waals surface area contributed by atoms with E-state index in [0.717, 1.165) is 30.7 Å².